The second-order valence-electron chi connectivity index (χ2n) is 10.5. The highest BCUT2D eigenvalue weighted by molar-refractivity contribution is 8.01. The maximum absolute atomic E-state index is 13.0. The minimum atomic E-state index is -0.285. The van der Waals surface area contributed by atoms with Gasteiger partial charge >= 0.3 is 0 Å². The maximum Gasteiger partial charge on any atom is 0.229 e. The Balaban J connectivity index is 1.18. The third kappa shape index (κ3) is 6.85. The Morgan fingerprint density at radius 2 is 1.83 bits per heavy atom. The molecule has 2 aliphatic rings. The largest absolute Gasteiger partial charge is 0.342 e. The average molecular weight is 530 g/mol. The summed E-state index contributed by atoms with van der Waals surface area (Å²) in [5, 5.41) is 11.8. The van der Waals surface area contributed by atoms with Gasteiger partial charge in [-0.3, -0.25) is 14.4 Å². The topological polar surface area (TPSA) is 95.5 Å². The predicted octanol–water partition coefficient (Wildman–Crippen LogP) is 4.09. The minimum Gasteiger partial charge on any atom is -0.342 e. The van der Waals surface area contributed by atoms with Crippen LogP contribution in [0, 0.1) is 11.8 Å². The van der Waals surface area contributed by atoms with Gasteiger partial charge in [-0.15, -0.1) is 10.2 Å². The van der Waals surface area contributed by atoms with Crippen molar-refractivity contribution in [3.8, 4) is 0 Å². The van der Waals surface area contributed by atoms with Gasteiger partial charge in [0.1, 0.15) is 0 Å². The van der Waals surface area contributed by atoms with E-state index in [-0.39, 0.29) is 41.5 Å². The van der Waals surface area contributed by atoms with E-state index in [9.17, 15) is 14.4 Å². The number of anilines is 1. The number of nitrogens with one attached hydrogen (secondary N) is 1. The van der Waals surface area contributed by atoms with E-state index in [0.29, 0.717) is 37.6 Å². The second-order valence-corrected chi connectivity index (χ2v) is 12.8. The van der Waals surface area contributed by atoms with Crippen LogP contribution in [0.5, 0.6) is 0 Å². The number of nitrogens with zero attached hydrogens (tertiary/aromatic N) is 4. The van der Waals surface area contributed by atoms with Crippen molar-refractivity contribution in [1.82, 2.24) is 20.0 Å². The summed E-state index contributed by atoms with van der Waals surface area (Å²) >= 11 is 3.07. The zero-order valence-corrected chi connectivity index (χ0v) is 22.9. The Bertz CT molecular complexity index is 1060. The fraction of sp³-hybridized carbons (Fsp3) is 0.577. The zero-order valence-electron chi connectivity index (χ0n) is 21.2. The first-order valence-electron chi connectivity index (χ1n) is 12.6. The highest BCUT2D eigenvalue weighted by Gasteiger charge is 2.41. The van der Waals surface area contributed by atoms with Crippen LogP contribution in [0.1, 0.15) is 52.0 Å². The van der Waals surface area contributed by atoms with Gasteiger partial charge in [-0.25, -0.2) is 0 Å². The van der Waals surface area contributed by atoms with Gasteiger partial charge in [0.05, 0.1) is 5.92 Å². The normalized spacial score (nSPS) is 19.1. The van der Waals surface area contributed by atoms with Crippen LogP contribution in [0.4, 0.5) is 5.13 Å². The van der Waals surface area contributed by atoms with E-state index in [1.54, 1.807) is 16.7 Å². The molecule has 36 heavy (non-hydrogen) atoms. The molecule has 2 aromatic rings. The van der Waals surface area contributed by atoms with Crippen molar-refractivity contribution in [1.29, 1.82) is 0 Å². The molecule has 2 fully saturated rings. The summed E-state index contributed by atoms with van der Waals surface area (Å²) in [6.45, 7) is 7.53. The molecule has 194 valence electrons. The van der Waals surface area contributed by atoms with Gasteiger partial charge in [-0.1, -0.05) is 53.4 Å². The smallest absolute Gasteiger partial charge is 0.229 e. The molecule has 3 heterocycles. The molecule has 0 bridgehead atoms. The molecule has 1 unspecified atom stereocenters. The molecule has 3 amide bonds. The number of rotatable bonds is 8. The lowest BCUT2D eigenvalue weighted by Crippen LogP contribution is -2.46. The molecule has 8 nitrogen and oxygen atoms in total. The van der Waals surface area contributed by atoms with Crippen molar-refractivity contribution in [2.24, 2.45) is 11.8 Å². The highest BCUT2D eigenvalue weighted by atomic mass is 32.2. The number of benzene rings is 1. The van der Waals surface area contributed by atoms with Crippen LogP contribution in [-0.2, 0) is 20.8 Å². The number of aromatic nitrogens is 2. The maximum atomic E-state index is 13.0. The quantitative estimate of drug-likeness (QED) is 0.314. The van der Waals surface area contributed by atoms with Gasteiger partial charge in [0, 0.05) is 43.3 Å². The number of hydrogen-bond donors (Lipinski definition) is 1. The van der Waals surface area contributed by atoms with E-state index < -0.39 is 0 Å². The van der Waals surface area contributed by atoms with Crippen LogP contribution in [0.15, 0.2) is 34.7 Å². The average Bonchev–Trinajstić information content (AvgIpc) is 3.48. The molecule has 0 radical (unpaired) electrons. The summed E-state index contributed by atoms with van der Waals surface area (Å²) in [5.41, 5.74) is 1.06. The van der Waals surface area contributed by atoms with E-state index in [1.165, 1.54) is 16.9 Å². The lowest BCUT2D eigenvalue weighted by molar-refractivity contribution is -0.138. The first-order valence-corrected chi connectivity index (χ1v) is 14.4. The Labute approximate surface area is 221 Å². The van der Waals surface area contributed by atoms with Crippen LogP contribution in [-0.4, -0.2) is 68.6 Å². The van der Waals surface area contributed by atoms with Crippen molar-refractivity contribution >= 4 is 46.0 Å². The third-order valence-electron chi connectivity index (χ3n) is 6.78. The Hall–Kier alpha value is -2.46. The SMILES string of the molecule is CC(C)(C)N1CC(C(=O)N2CCC(C(=O)Nc3nnc(SCCCc4ccccc4)s3)CC2)CC1=O. The van der Waals surface area contributed by atoms with Gasteiger partial charge < -0.3 is 15.1 Å². The number of carbonyl (C=O) groups excluding carboxylic acids is 3. The number of thioether (sulfide) groups is 1. The molecule has 1 aromatic heterocycles. The number of amides is 3. The zero-order chi connectivity index (χ0) is 25.7. The van der Waals surface area contributed by atoms with Crippen molar-refractivity contribution < 1.29 is 14.4 Å². The first kappa shape index (κ1) is 26.6. The lowest BCUT2D eigenvalue weighted by Gasteiger charge is -2.34. The third-order valence-corrected chi connectivity index (χ3v) is 8.83. The summed E-state index contributed by atoms with van der Waals surface area (Å²) in [7, 11) is 0. The lowest BCUT2D eigenvalue weighted by atomic mass is 9.94. The Morgan fingerprint density at radius 1 is 1.11 bits per heavy atom. The molecule has 0 aliphatic carbocycles. The van der Waals surface area contributed by atoms with Crippen molar-refractivity contribution in [2.75, 3.05) is 30.7 Å². The van der Waals surface area contributed by atoms with E-state index >= 15 is 0 Å². The van der Waals surface area contributed by atoms with E-state index in [0.717, 1.165) is 22.9 Å². The van der Waals surface area contributed by atoms with Crippen LogP contribution in [0.25, 0.3) is 0 Å². The van der Waals surface area contributed by atoms with Crippen molar-refractivity contribution in [3.63, 3.8) is 0 Å². The first-order chi connectivity index (χ1) is 17.2. The number of carbonyl (C=O) groups is 3. The summed E-state index contributed by atoms with van der Waals surface area (Å²) in [4.78, 5) is 41.8. The Morgan fingerprint density at radius 3 is 2.50 bits per heavy atom. The predicted molar refractivity (Wildman–Crippen MR) is 143 cm³/mol. The fourth-order valence-electron chi connectivity index (χ4n) is 4.75. The second kappa shape index (κ2) is 11.7. The molecule has 1 atom stereocenters. The van der Waals surface area contributed by atoms with Crippen LogP contribution >= 0.6 is 23.1 Å². The number of piperidine rings is 1. The summed E-state index contributed by atoms with van der Waals surface area (Å²) in [6, 6.07) is 10.4. The van der Waals surface area contributed by atoms with Crippen LogP contribution < -0.4 is 5.32 Å². The number of hydrogen-bond acceptors (Lipinski definition) is 7. The minimum absolute atomic E-state index is 0.0343. The monoisotopic (exact) mass is 529 g/mol. The molecule has 1 aromatic carbocycles. The molecular weight excluding hydrogens is 494 g/mol. The number of likely N-dealkylation sites (tertiary alicyclic amines) is 2. The summed E-state index contributed by atoms with van der Waals surface area (Å²) in [5.74, 6) is 0.523. The van der Waals surface area contributed by atoms with Gasteiger partial charge in [0.15, 0.2) is 4.34 Å². The summed E-state index contributed by atoms with van der Waals surface area (Å²) < 4.78 is 0.856. The van der Waals surface area contributed by atoms with Crippen LogP contribution in [0.2, 0.25) is 0 Å². The summed E-state index contributed by atoms with van der Waals surface area (Å²) in [6.07, 6.45) is 3.59. The molecule has 1 N–H and O–H groups in total. The van der Waals surface area contributed by atoms with Gasteiger partial charge in [0.25, 0.3) is 0 Å². The molecular formula is C26H35N5O3S2. The van der Waals surface area contributed by atoms with Crippen LogP contribution in [0.3, 0.4) is 0 Å². The van der Waals surface area contributed by atoms with E-state index in [1.807, 2.05) is 31.7 Å². The molecule has 0 saturated carbocycles. The molecule has 4 rings (SSSR count). The molecule has 2 aliphatic heterocycles. The standard InChI is InChI=1S/C26H35N5O3S2/c1-26(2,3)31-17-20(16-21(31)32)23(34)30-13-11-19(12-14-30)22(33)27-24-28-29-25(36-24)35-15-7-10-18-8-5-4-6-9-18/h4-6,8-9,19-20H,7,10-17H2,1-3H3,(H,27,28,33). The number of aryl methyl sites for hydroxylation is 1. The van der Waals surface area contributed by atoms with E-state index in [4.69, 9.17) is 0 Å². The molecule has 0 spiro atoms. The molecule has 2 saturated heterocycles. The fourth-order valence-corrected chi connectivity index (χ4v) is 6.51. The Kier molecular flexibility index (Phi) is 8.66. The van der Waals surface area contributed by atoms with Crippen molar-refractivity contribution in [2.45, 2.75) is 62.8 Å². The molecule has 10 heteroatoms. The highest BCUT2D eigenvalue weighted by Crippen LogP contribution is 2.30. The van der Waals surface area contributed by atoms with Gasteiger partial charge in [-0.2, -0.15) is 0 Å². The van der Waals surface area contributed by atoms with Gasteiger partial charge in [-0.05, 0) is 52.0 Å². The van der Waals surface area contributed by atoms with Crippen molar-refractivity contribution in [3.05, 3.63) is 35.9 Å². The van der Waals surface area contributed by atoms with Gasteiger partial charge in [0.2, 0.25) is 22.9 Å². The van der Waals surface area contributed by atoms with E-state index in [2.05, 4.69) is 39.8 Å².